The summed E-state index contributed by atoms with van der Waals surface area (Å²) >= 11 is 1.27. The molecular formula is C13H9N3O4S. The van der Waals surface area contributed by atoms with Crippen molar-refractivity contribution in [3.63, 3.8) is 0 Å². The van der Waals surface area contributed by atoms with Crippen molar-refractivity contribution >= 4 is 39.9 Å². The lowest BCUT2D eigenvalue weighted by Gasteiger charge is -2.03. The first-order valence-electron chi connectivity index (χ1n) is 5.96. The van der Waals surface area contributed by atoms with Gasteiger partial charge in [0.1, 0.15) is 0 Å². The summed E-state index contributed by atoms with van der Waals surface area (Å²) in [5.74, 6) is -1.77. The fourth-order valence-electron chi connectivity index (χ4n) is 1.97. The lowest BCUT2D eigenvalue weighted by Crippen LogP contribution is -2.19. The fourth-order valence-corrected chi connectivity index (χ4v) is 2.70. The Bertz CT molecular complexity index is 769. The highest BCUT2D eigenvalue weighted by Gasteiger charge is 2.26. The number of imide groups is 1. The molecule has 2 amide bonds. The molecule has 3 rings (SSSR count). The van der Waals surface area contributed by atoms with Crippen molar-refractivity contribution in [1.82, 2.24) is 10.3 Å². The van der Waals surface area contributed by atoms with Gasteiger partial charge in [0.25, 0.3) is 11.8 Å². The molecule has 2 heterocycles. The predicted molar refractivity (Wildman–Crippen MR) is 75.0 cm³/mol. The summed E-state index contributed by atoms with van der Waals surface area (Å²) in [7, 11) is 0. The molecule has 0 unspecified atom stereocenters. The first kappa shape index (κ1) is 13.3. The number of fused-ring (bicyclic) bond motifs is 1. The van der Waals surface area contributed by atoms with Gasteiger partial charge in [-0.2, -0.15) is 0 Å². The van der Waals surface area contributed by atoms with Crippen LogP contribution in [0.5, 0.6) is 0 Å². The van der Waals surface area contributed by atoms with Gasteiger partial charge in [0.2, 0.25) is 0 Å². The molecule has 0 radical (unpaired) electrons. The van der Waals surface area contributed by atoms with Crippen molar-refractivity contribution in [2.24, 2.45) is 0 Å². The molecule has 0 bridgehead atoms. The fraction of sp³-hybridized carbons (Fsp3) is 0.0769. The molecule has 0 saturated heterocycles. The number of anilines is 2. The van der Waals surface area contributed by atoms with Crippen LogP contribution in [-0.4, -0.2) is 27.9 Å². The van der Waals surface area contributed by atoms with E-state index in [4.69, 9.17) is 5.11 Å². The van der Waals surface area contributed by atoms with Gasteiger partial charge in [0, 0.05) is 11.1 Å². The van der Waals surface area contributed by atoms with Crippen LogP contribution >= 0.6 is 11.3 Å². The van der Waals surface area contributed by atoms with E-state index in [1.165, 1.54) is 11.3 Å². The van der Waals surface area contributed by atoms with Crippen LogP contribution in [0, 0.1) is 0 Å². The standard InChI is InChI=1S/C13H9N3O4S/c17-10(18)4-7-5-21-13(15-7)14-6-1-2-8-9(3-6)12(20)16-11(8)19/h1-3,5H,4H2,(H,14,15)(H,17,18)(H,16,19,20). The Balaban J connectivity index is 1.81. The number of carbonyl (C=O) groups is 3. The minimum Gasteiger partial charge on any atom is -0.481 e. The van der Waals surface area contributed by atoms with Gasteiger partial charge in [-0.1, -0.05) is 0 Å². The van der Waals surface area contributed by atoms with E-state index in [1.54, 1.807) is 23.6 Å². The van der Waals surface area contributed by atoms with Gasteiger partial charge in [-0.25, -0.2) is 4.98 Å². The number of hydrogen-bond acceptors (Lipinski definition) is 6. The van der Waals surface area contributed by atoms with Gasteiger partial charge in [-0.05, 0) is 18.2 Å². The number of aliphatic carboxylic acids is 1. The van der Waals surface area contributed by atoms with Crippen molar-refractivity contribution in [2.75, 3.05) is 5.32 Å². The molecule has 1 aliphatic rings. The number of benzene rings is 1. The summed E-state index contributed by atoms with van der Waals surface area (Å²) in [5, 5.41) is 16.1. The molecule has 0 spiro atoms. The van der Waals surface area contributed by atoms with Gasteiger partial charge in [0.15, 0.2) is 5.13 Å². The Kier molecular flexibility index (Phi) is 3.15. The Labute approximate surface area is 122 Å². The van der Waals surface area contributed by atoms with Gasteiger partial charge >= 0.3 is 5.97 Å². The largest absolute Gasteiger partial charge is 0.481 e. The van der Waals surface area contributed by atoms with Gasteiger partial charge < -0.3 is 10.4 Å². The molecule has 0 aliphatic carbocycles. The zero-order valence-electron chi connectivity index (χ0n) is 10.5. The third-order valence-corrected chi connectivity index (χ3v) is 3.68. The van der Waals surface area contributed by atoms with Gasteiger partial charge in [-0.15, -0.1) is 11.3 Å². The maximum absolute atomic E-state index is 11.6. The lowest BCUT2D eigenvalue weighted by atomic mass is 10.1. The van der Waals surface area contributed by atoms with E-state index in [0.717, 1.165) is 0 Å². The topological polar surface area (TPSA) is 108 Å². The highest BCUT2D eigenvalue weighted by molar-refractivity contribution is 7.13. The highest BCUT2D eigenvalue weighted by Crippen LogP contribution is 2.25. The monoisotopic (exact) mass is 303 g/mol. The first-order chi connectivity index (χ1) is 10.0. The first-order valence-corrected chi connectivity index (χ1v) is 6.84. The molecule has 1 aliphatic heterocycles. The van der Waals surface area contributed by atoms with E-state index in [-0.39, 0.29) is 6.42 Å². The molecule has 2 aromatic rings. The van der Waals surface area contributed by atoms with Crippen LogP contribution in [0.4, 0.5) is 10.8 Å². The summed E-state index contributed by atoms with van der Waals surface area (Å²) < 4.78 is 0. The average molecular weight is 303 g/mol. The van der Waals surface area contributed by atoms with E-state index < -0.39 is 17.8 Å². The van der Waals surface area contributed by atoms with Crippen LogP contribution in [0.2, 0.25) is 0 Å². The van der Waals surface area contributed by atoms with Gasteiger partial charge in [-0.3, -0.25) is 19.7 Å². The minimum absolute atomic E-state index is 0.140. The van der Waals surface area contributed by atoms with Crippen molar-refractivity contribution in [1.29, 1.82) is 0 Å². The zero-order chi connectivity index (χ0) is 15.0. The molecule has 0 fully saturated rings. The van der Waals surface area contributed by atoms with Crippen LogP contribution < -0.4 is 10.6 Å². The quantitative estimate of drug-likeness (QED) is 0.737. The molecule has 3 N–H and O–H groups in total. The van der Waals surface area contributed by atoms with Crippen LogP contribution in [0.15, 0.2) is 23.6 Å². The van der Waals surface area contributed by atoms with Crippen molar-refractivity contribution in [3.05, 3.63) is 40.4 Å². The van der Waals surface area contributed by atoms with Crippen LogP contribution in [0.1, 0.15) is 26.4 Å². The average Bonchev–Trinajstić information content (AvgIpc) is 2.95. The van der Waals surface area contributed by atoms with Gasteiger partial charge in [0.05, 0.1) is 23.2 Å². The maximum atomic E-state index is 11.6. The second-order valence-electron chi connectivity index (χ2n) is 4.38. The summed E-state index contributed by atoms with van der Waals surface area (Å²) in [4.78, 5) is 37.7. The number of carboxylic acid groups (broad SMARTS) is 1. The minimum atomic E-state index is -0.945. The molecule has 7 nitrogen and oxygen atoms in total. The smallest absolute Gasteiger partial charge is 0.309 e. The SMILES string of the molecule is O=C(O)Cc1csc(Nc2ccc3c(c2)C(=O)NC3=O)n1. The van der Waals surface area contributed by atoms with E-state index in [9.17, 15) is 14.4 Å². The number of carboxylic acids is 1. The number of amides is 2. The zero-order valence-corrected chi connectivity index (χ0v) is 11.4. The van der Waals surface area contributed by atoms with Crippen molar-refractivity contribution in [3.8, 4) is 0 Å². The number of thiazole rings is 1. The Morgan fingerprint density at radius 2 is 2.05 bits per heavy atom. The second-order valence-corrected chi connectivity index (χ2v) is 5.24. The summed E-state index contributed by atoms with van der Waals surface area (Å²) in [6, 6.07) is 4.78. The number of hydrogen-bond donors (Lipinski definition) is 3. The lowest BCUT2D eigenvalue weighted by molar-refractivity contribution is -0.136. The molecule has 1 aromatic heterocycles. The summed E-state index contributed by atoms with van der Waals surface area (Å²) in [5.41, 5.74) is 1.72. The second kappa shape index (κ2) is 4.98. The predicted octanol–water partition coefficient (Wildman–Crippen LogP) is 1.40. The van der Waals surface area contributed by atoms with E-state index in [0.29, 0.717) is 27.6 Å². The third kappa shape index (κ3) is 2.61. The Hall–Kier alpha value is -2.74. The van der Waals surface area contributed by atoms with Crippen LogP contribution in [-0.2, 0) is 11.2 Å². The number of carbonyl (C=O) groups excluding carboxylic acids is 2. The normalized spacial score (nSPS) is 13.0. The molecule has 0 saturated carbocycles. The third-order valence-electron chi connectivity index (χ3n) is 2.87. The molecule has 21 heavy (non-hydrogen) atoms. The summed E-state index contributed by atoms with van der Waals surface area (Å²) in [6.45, 7) is 0. The molecular weight excluding hydrogens is 294 g/mol. The highest BCUT2D eigenvalue weighted by atomic mass is 32.1. The molecule has 8 heteroatoms. The molecule has 1 aromatic carbocycles. The molecule has 0 atom stereocenters. The Morgan fingerprint density at radius 3 is 2.81 bits per heavy atom. The number of nitrogens with zero attached hydrogens (tertiary/aromatic N) is 1. The number of nitrogens with one attached hydrogen (secondary N) is 2. The van der Waals surface area contributed by atoms with Crippen LogP contribution in [0.3, 0.4) is 0 Å². The number of rotatable bonds is 4. The molecule has 106 valence electrons. The van der Waals surface area contributed by atoms with Crippen molar-refractivity contribution < 1.29 is 19.5 Å². The Morgan fingerprint density at radius 1 is 1.29 bits per heavy atom. The van der Waals surface area contributed by atoms with Crippen LogP contribution in [0.25, 0.3) is 0 Å². The number of aromatic nitrogens is 1. The van der Waals surface area contributed by atoms with E-state index >= 15 is 0 Å². The van der Waals surface area contributed by atoms with E-state index in [1.807, 2.05) is 0 Å². The maximum Gasteiger partial charge on any atom is 0.309 e. The summed E-state index contributed by atoms with van der Waals surface area (Å²) in [6.07, 6.45) is -0.140. The van der Waals surface area contributed by atoms with Crippen molar-refractivity contribution in [2.45, 2.75) is 6.42 Å². The van der Waals surface area contributed by atoms with E-state index in [2.05, 4.69) is 15.6 Å².